The molecule has 0 spiro atoms. The van der Waals surface area contributed by atoms with Crippen LogP contribution in [0.15, 0.2) is 36.7 Å². The van der Waals surface area contributed by atoms with Gasteiger partial charge in [0.25, 0.3) is 5.91 Å². The Balaban J connectivity index is 1.79. The number of carbonyl (C=O) groups excluding carboxylic acids is 1. The zero-order chi connectivity index (χ0) is 16.9. The van der Waals surface area contributed by atoms with Gasteiger partial charge in [-0.1, -0.05) is 19.1 Å². The number of likely N-dealkylation sites (tertiary alicyclic amines) is 1. The van der Waals surface area contributed by atoms with Crippen molar-refractivity contribution >= 4 is 17.4 Å². The highest BCUT2D eigenvalue weighted by molar-refractivity contribution is 5.93. The molecule has 24 heavy (non-hydrogen) atoms. The summed E-state index contributed by atoms with van der Waals surface area (Å²) in [5.41, 5.74) is 0.656. The Morgan fingerprint density at radius 1 is 1.33 bits per heavy atom. The lowest BCUT2D eigenvalue weighted by Crippen LogP contribution is -2.43. The van der Waals surface area contributed by atoms with Gasteiger partial charge in [0.05, 0.1) is 5.69 Å². The fourth-order valence-corrected chi connectivity index (χ4v) is 3.08. The van der Waals surface area contributed by atoms with Crippen molar-refractivity contribution in [3.63, 3.8) is 0 Å². The van der Waals surface area contributed by atoms with Gasteiger partial charge in [-0.05, 0) is 37.8 Å². The van der Waals surface area contributed by atoms with E-state index in [0.717, 1.165) is 32.2 Å². The van der Waals surface area contributed by atoms with Gasteiger partial charge in [0.1, 0.15) is 23.7 Å². The van der Waals surface area contributed by atoms with Crippen molar-refractivity contribution in [2.45, 2.75) is 38.6 Å². The van der Waals surface area contributed by atoms with Gasteiger partial charge in [-0.15, -0.1) is 0 Å². The molecule has 1 aliphatic rings. The van der Waals surface area contributed by atoms with E-state index in [-0.39, 0.29) is 17.8 Å². The van der Waals surface area contributed by atoms with E-state index < -0.39 is 0 Å². The second-order valence-electron chi connectivity index (χ2n) is 5.95. The average Bonchev–Trinajstić information content (AvgIpc) is 2.63. The van der Waals surface area contributed by atoms with Gasteiger partial charge in [0, 0.05) is 18.7 Å². The normalized spacial score (nSPS) is 17.6. The van der Waals surface area contributed by atoms with E-state index in [1.54, 1.807) is 24.3 Å². The number of nitrogens with one attached hydrogen (secondary N) is 1. The van der Waals surface area contributed by atoms with Gasteiger partial charge in [0.2, 0.25) is 0 Å². The summed E-state index contributed by atoms with van der Waals surface area (Å²) < 4.78 is 13.7. The summed E-state index contributed by atoms with van der Waals surface area (Å²) in [4.78, 5) is 22.9. The fraction of sp³-hybridized carbons (Fsp3) is 0.389. The van der Waals surface area contributed by atoms with Crippen LogP contribution in [-0.4, -0.2) is 33.4 Å². The fourth-order valence-electron chi connectivity index (χ4n) is 3.08. The van der Waals surface area contributed by atoms with Crippen LogP contribution in [0.4, 0.5) is 15.9 Å². The Kier molecular flexibility index (Phi) is 5.03. The minimum absolute atomic E-state index is 0.0828. The number of aromatic nitrogens is 2. The lowest BCUT2D eigenvalue weighted by molar-refractivity contribution is 0.0602. The first-order valence-electron chi connectivity index (χ1n) is 8.33. The third-order valence-corrected chi connectivity index (χ3v) is 4.38. The van der Waals surface area contributed by atoms with Crippen molar-refractivity contribution in [2.24, 2.45) is 0 Å². The summed E-state index contributed by atoms with van der Waals surface area (Å²) in [5.74, 6) is -0.0462. The van der Waals surface area contributed by atoms with E-state index in [1.165, 1.54) is 12.4 Å². The van der Waals surface area contributed by atoms with E-state index >= 15 is 0 Å². The molecule has 1 atom stereocenters. The molecule has 1 aliphatic heterocycles. The monoisotopic (exact) mass is 328 g/mol. The smallest absolute Gasteiger partial charge is 0.272 e. The summed E-state index contributed by atoms with van der Waals surface area (Å²) in [7, 11) is 0. The topological polar surface area (TPSA) is 58.1 Å². The van der Waals surface area contributed by atoms with Gasteiger partial charge in [-0.2, -0.15) is 0 Å². The maximum atomic E-state index is 13.7. The van der Waals surface area contributed by atoms with Crippen molar-refractivity contribution in [1.82, 2.24) is 14.9 Å². The molecule has 0 aliphatic carbocycles. The molecule has 1 saturated heterocycles. The summed E-state index contributed by atoms with van der Waals surface area (Å²) in [5, 5.41) is 2.90. The number of rotatable bonds is 4. The highest BCUT2D eigenvalue weighted by Gasteiger charge is 2.27. The number of nitrogens with zero attached hydrogens (tertiary/aromatic N) is 3. The zero-order valence-corrected chi connectivity index (χ0v) is 13.7. The Labute approximate surface area is 140 Å². The minimum Gasteiger partial charge on any atom is -0.338 e. The molecule has 0 radical (unpaired) electrons. The van der Waals surface area contributed by atoms with Crippen LogP contribution in [0, 0.1) is 5.82 Å². The lowest BCUT2D eigenvalue weighted by atomic mass is 9.99. The molecule has 126 valence electrons. The van der Waals surface area contributed by atoms with Crippen LogP contribution in [0.25, 0.3) is 0 Å². The molecule has 1 fully saturated rings. The van der Waals surface area contributed by atoms with Gasteiger partial charge < -0.3 is 10.2 Å². The first-order valence-corrected chi connectivity index (χ1v) is 8.33. The van der Waals surface area contributed by atoms with Crippen LogP contribution >= 0.6 is 0 Å². The predicted molar refractivity (Wildman–Crippen MR) is 90.7 cm³/mol. The SMILES string of the molecule is CCC1CCCCN1C(=O)c1cc(Nc2ccccc2F)ncn1. The lowest BCUT2D eigenvalue weighted by Gasteiger charge is -2.35. The molecule has 2 heterocycles. The molecule has 1 aromatic heterocycles. The standard InChI is InChI=1S/C18H21FN4O/c1-2-13-7-5-6-10-23(13)18(24)16-11-17(21-12-20-16)22-15-9-4-3-8-14(15)19/h3-4,8-9,11-13H,2,5-7,10H2,1H3,(H,20,21,22). The number of amides is 1. The number of piperidine rings is 1. The number of benzene rings is 1. The van der Waals surface area contributed by atoms with Crippen molar-refractivity contribution in [2.75, 3.05) is 11.9 Å². The largest absolute Gasteiger partial charge is 0.338 e. The van der Waals surface area contributed by atoms with Gasteiger partial charge >= 0.3 is 0 Å². The quantitative estimate of drug-likeness (QED) is 0.928. The minimum atomic E-state index is -0.369. The van der Waals surface area contributed by atoms with Crippen LogP contribution in [-0.2, 0) is 0 Å². The second-order valence-corrected chi connectivity index (χ2v) is 5.95. The van der Waals surface area contributed by atoms with Crippen molar-refractivity contribution in [1.29, 1.82) is 0 Å². The van der Waals surface area contributed by atoms with Crippen molar-refractivity contribution in [3.05, 3.63) is 48.2 Å². The highest BCUT2D eigenvalue weighted by atomic mass is 19.1. The van der Waals surface area contributed by atoms with Crippen LogP contribution < -0.4 is 5.32 Å². The first-order chi connectivity index (χ1) is 11.7. The number of anilines is 2. The number of halogens is 1. The average molecular weight is 328 g/mol. The number of carbonyl (C=O) groups is 1. The van der Waals surface area contributed by atoms with Gasteiger partial charge in [-0.3, -0.25) is 4.79 Å². The summed E-state index contributed by atoms with van der Waals surface area (Å²) in [6.07, 6.45) is 5.49. The maximum Gasteiger partial charge on any atom is 0.272 e. The van der Waals surface area contributed by atoms with Gasteiger partial charge in [-0.25, -0.2) is 14.4 Å². The maximum absolute atomic E-state index is 13.7. The van der Waals surface area contributed by atoms with Crippen LogP contribution in [0.5, 0.6) is 0 Å². The zero-order valence-electron chi connectivity index (χ0n) is 13.7. The van der Waals surface area contributed by atoms with Crippen LogP contribution in [0.2, 0.25) is 0 Å². The molecule has 1 amide bonds. The molecule has 5 nitrogen and oxygen atoms in total. The van der Waals surface area contributed by atoms with E-state index in [4.69, 9.17) is 0 Å². The summed E-state index contributed by atoms with van der Waals surface area (Å²) >= 11 is 0. The number of hydrogen-bond acceptors (Lipinski definition) is 4. The first kappa shape index (κ1) is 16.4. The Bertz CT molecular complexity index is 722. The summed E-state index contributed by atoms with van der Waals surface area (Å²) in [6.45, 7) is 2.86. The van der Waals surface area contributed by atoms with E-state index in [0.29, 0.717) is 17.2 Å². The molecule has 2 aromatic rings. The predicted octanol–water partition coefficient (Wildman–Crippen LogP) is 3.76. The molecule has 3 rings (SSSR count). The van der Waals surface area contributed by atoms with Crippen LogP contribution in [0.3, 0.4) is 0 Å². The molecular weight excluding hydrogens is 307 g/mol. The molecule has 1 aromatic carbocycles. The second kappa shape index (κ2) is 7.38. The summed E-state index contributed by atoms with van der Waals surface area (Å²) in [6, 6.07) is 8.20. The Morgan fingerprint density at radius 2 is 2.17 bits per heavy atom. The molecule has 0 bridgehead atoms. The van der Waals surface area contributed by atoms with Crippen molar-refractivity contribution < 1.29 is 9.18 Å². The third kappa shape index (κ3) is 3.53. The Hall–Kier alpha value is -2.50. The molecule has 0 saturated carbocycles. The Morgan fingerprint density at radius 3 is 2.96 bits per heavy atom. The number of para-hydroxylation sites is 1. The van der Waals surface area contributed by atoms with E-state index in [2.05, 4.69) is 22.2 Å². The molecule has 1 N–H and O–H groups in total. The van der Waals surface area contributed by atoms with Crippen molar-refractivity contribution in [3.8, 4) is 0 Å². The number of hydrogen-bond donors (Lipinski definition) is 1. The van der Waals surface area contributed by atoms with E-state index in [9.17, 15) is 9.18 Å². The molecule has 1 unspecified atom stereocenters. The van der Waals surface area contributed by atoms with Crippen LogP contribution in [0.1, 0.15) is 43.1 Å². The molecular formula is C18H21FN4O. The highest BCUT2D eigenvalue weighted by Crippen LogP contribution is 2.23. The third-order valence-electron chi connectivity index (χ3n) is 4.38. The van der Waals surface area contributed by atoms with Gasteiger partial charge in [0.15, 0.2) is 0 Å². The molecule has 6 heteroatoms. The van der Waals surface area contributed by atoms with E-state index in [1.807, 2.05) is 4.90 Å².